The first-order chi connectivity index (χ1) is 9.13. The van der Waals surface area contributed by atoms with Crippen LogP contribution in [0, 0.1) is 0 Å². The zero-order valence-corrected chi connectivity index (χ0v) is 11.5. The molecule has 1 atom stereocenters. The fourth-order valence-corrected chi connectivity index (χ4v) is 2.02. The molecule has 19 heavy (non-hydrogen) atoms. The largest absolute Gasteiger partial charge is 0.481 e. The predicted molar refractivity (Wildman–Crippen MR) is 75.4 cm³/mol. The SMILES string of the molecule is COc1ncccc1C(O)c1ccc(C(C)C)cc1. The van der Waals surface area contributed by atoms with Gasteiger partial charge in [0.15, 0.2) is 0 Å². The predicted octanol–water partition coefficient (Wildman–Crippen LogP) is 3.30. The van der Waals surface area contributed by atoms with Crippen LogP contribution in [0.4, 0.5) is 0 Å². The van der Waals surface area contributed by atoms with Crippen molar-refractivity contribution in [2.45, 2.75) is 25.9 Å². The van der Waals surface area contributed by atoms with E-state index in [4.69, 9.17) is 4.74 Å². The summed E-state index contributed by atoms with van der Waals surface area (Å²) >= 11 is 0. The van der Waals surface area contributed by atoms with E-state index in [0.29, 0.717) is 17.4 Å². The Morgan fingerprint density at radius 1 is 1.05 bits per heavy atom. The number of benzene rings is 1. The molecule has 1 aromatic carbocycles. The van der Waals surface area contributed by atoms with Crippen LogP contribution in [0.25, 0.3) is 0 Å². The average molecular weight is 257 g/mol. The summed E-state index contributed by atoms with van der Waals surface area (Å²) in [6, 6.07) is 11.6. The molecule has 1 heterocycles. The smallest absolute Gasteiger partial charge is 0.219 e. The van der Waals surface area contributed by atoms with Gasteiger partial charge in [0.2, 0.25) is 5.88 Å². The molecule has 0 amide bonds. The number of hydrogen-bond donors (Lipinski definition) is 1. The molecule has 0 aliphatic carbocycles. The molecule has 1 N–H and O–H groups in total. The summed E-state index contributed by atoms with van der Waals surface area (Å²) in [5.74, 6) is 0.946. The molecule has 0 aliphatic rings. The van der Waals surface area contributed by atoms with Crippen molar-refractivity contribution in [3.05, 3.63) is 59.3 Å². The van der Waals surface area contributed by atoms with Gasteiger partial charge >= 0.3 is 0 Å². The minimum atomic E-state index is -0.718. The molecule has 2 aromatic rings. The van der Waals surface area contributed by atoms with Crippen molar-refractivity contribution in [1.29, 1.82) is 0 Å². The van der Waals surface area contributed by atoms with Crippen molar-refractivity contribution in [3.63, 3.8) is 0 Å². The second-order valence-electron chi connectivity index (χ2n) is 4.83. The van der Waals surface area contributed by atoms with Gasteiger partial charge in [-0.1, -0.05) is 38.1 Å². The summed E-state index contributed by atoms with van der Waals surface area (Å²) in [7, 11) is 1.56. The molecule has 3 nitrogen and oxygen atoms in total. The highest BCUT2D eigenvalue weighted by Gasteiger charge is 2.16. The second kappa shape index (κ2) is 5.85. The number of aromatic nitrogens is 1. The minimum absolute atomic E-state index is 0.461. The van der Waals surface area contributed by atoms with Gasteiger partial charge in [-0.2, -0.15) is 0 Å². The Kier molecular flexibility index (Phi) is 4.17. The van der Waals surface area contributed by atoms with Crippen molar-refractivity contribution in [1.82, 2.24) is 4.98 Å². The van der Waals surface area contributed by atoms with E-state index in [0.717, 1.165) is 5.56 Å². The Bertz CT molecular complexity index is 535. The van der Waals surface area contributed by atoms with Gasteiger partial charge in [-0.3, -0.25) is 0 Å². The molecule has 3 heteroatoms. The Morgan fingerprint density at radius 2 is 1.68 bits per heavy atom. The highest BCUT2D eigenvalue weighted by Crippen LogP contribution is 2.28. The van der Waals surface area contributed by atoms with Gasteiger partial charge in [0.25, 0.3) is 0 Å². The number of rotatable bonds is 4. The van der Waals surface area contributed by atoms with E-state index < -0.39 is 6.10 Å². The van der Waals surface area contributed by atoms with E-state index in [1.807, 2.05) is 30.3 Å². The topological polar surface area (TPSA) is 42.4 Å². The highest BCUT2D eigenvalue weighted by molar-refractivity contribution is 5.37. The zero-order valence-electron chi connectivity index (χ0n) is 11.5. The van der Waals surface area contributed by atoms with E-state index in [2.05, 4.69) is 18.8 Å². The minimum Gasteiger partial charge on any atom is -0.481 e. The van der Waals surface area contributed by atoms with Crippen LogP contribution in [-0.2, 0) is 0 Å². The maximum Gasteiger partial charge on any atom is 0.219 e. The van der Waals surface area contributed by atoms with Crippen molar-refractivity contribution in [2.75, 3.05) is 7.11 Å². The van der Waals surface area contributed by atoms with E-state index in [1.165, 1.54) is 5.56 Å². The lowest BCUT2D eigenvalue weighted by molar-refractivity contribution is 0.213. The van der Waals surface area contributed by atoms with Gasteiger partial charge in [0.1, 0.15) is 6.10 Å². The number of methoxy groups -OCH3 is 1. The Labute approximate surface area is 113 Å². The maximum atomic E-state index is 10.4. The van der Waals surface area contributed by atoms with Gasteiger partial charge in [-0.25, -0.2) is 4.98 Å². The number of aliphatic hydroxyl groups is 1. The van der Waals surface area contributed by atoms with Gasteiger partial charge < -0.3 is 9.84 Å². The number of aliphatic hydroxyl groups excluding tert-OH is 1. The van der Waals surface area contributed by atoms with Crippen LogP contribution in [0.15, 0.2) is 42.6 Å². The van der Waals surface area contributed by atoms with Crippen molar-refractivity contribution in [3.8, 4) is 5.88 Å². The van der Waals surface area contributed by atoms with E-state index in [9.17, 15) is 5.11 Å². The van der Waals surface area contributed by atoms with Crippen LogP contribution < -0.4 is 4.74 Å². The number of pyridine rings is 1. The third kappa shape index (κ3) is 2.93. The molecule has 1 aromatic heterocycles. The van der Waals surface area contributed by atoms with Gasteiger partial charge in [0, 0.05) is 11.8 Å². The molecule has 0 spiro atoms. The van der Waals surface area contributed by atoms with Gasteiger partial charge in [0.05, 0.1) is 7.11 Å². The Morgan fingerprint density at radius 3 is 2.26 bits per heavy atom. The molecule has 0 bridgehead atoms. The van der Waals surface area contributed by atoms with E-state index in [1.54, 1.807) is 19.4 Å². The number of ether oxygens (including phenoxy) is 1. The molecule has 0 radical (unpaired) electrons. The van der Waals surface area contributed by atoms with Crippen LogP contribution in [0.2, 0.25) is 0 Å². The second-order valence-corrected chi connectivity index (χ2v) is 4.83. The van der Waals surface area contributed by atoms with Crippen molar-refractivity contribution < 1.29 is 9.84 Å². The zero-order chi connectivity index (χ0) is 13.8. The fraction of sp³-hybridized carbons (Fsp3) is 0.312. The van der Waals surface area contributed by atoms with Crippen LogP contribution in [0.1, 0.15) is 42.6 Å². The van der Waals surface area contributed by atoms with Crippen molar-refractivity contribution in [2.24, 2.45) is 0 Å². The lowest BCUT2D eigenvalue weighted by Crippen LogP contribution is -2.03. The molecular weight excluding hydrogens is 238 g/mol. The van der Waals surface area contributed by atoms with Crippen LogP contribution in [0.5, 0.6) is 5.88 Å². The molecule has 100 valence electrons. The summed E-state index contributed by atoms with van der Waals surface area (Å²) < 4.78 is 5.18. The highest BCUT2D eigenvalue weighted by atomic mass is 16.5. The summed E-state index contributed by atoms with van der Waals surface area (Å²) in [6.07, 6.45) is 0.932. The van der Waals surface area contributed by atoms with E-state index in [-0.39, 0.29) is 0 Å². The Balaban J connectivity index is 2.30. The molecule has 0 aliphatic heterocycles. The molecular formula is C16H19NO2. The molecule has 0 saturated heterocycles. The Hall–Kier alpha value is -1.87. The third-order valence-corrected chi connectivity index (χ3v) is 3.21. The average Bonchev–Trinajstić information content (AvgIpc) is 2.46. The monoisotopic (exact) mass is 257 g/mol. The van der Waals surface area contributed by atoms with Crippen molar-refractivity contribution >= 4 is 0 Å². The number of hydrogen-bond acceptors (Lipinski definition) is 3. The summed E-state index contributed by atoms with van der Waals surface area (Å²) in [6.45, 7) is 4.30. The first-order valence-electron chi connectivity index (χ1n) is 6.40. The van der Waals surface area contributed by atoms with Crippen LogP contribution in [0.3, 0.4) is 0 Å². The molecule has 0 fully saturated rings. The summed E-state index contributed by atoms with van der Waals surface area (Å²) in [5.41, 5.74) is 2.78. The normalized spacial score (nSPS) is 12.5. The lowest BCUT2D eigenvalue weighted by Gasteiger charge is -2.15. The maximum absolute atomic E-state index is 10.4. The number of nitrogens with zero attached hydrogens (tertiary/aromatic N) is 1. The first kappa shape index (κ1) is 13.6. The van der Waals surface area contributed by atoms with Crippen LogP contribution >= 0.6 is 0 Å². The van der Waals surface area contributed by atoms with Gasteiger partial charge in [-0.05, 0) is 29.2 Å². The molecule has 1 unspecified atom stereocenters. The third-order valence-electron chi connectivity index (χ3n) is 3.21. The van der Waals surface area contributed by atoms with E-state index >= 15 is 0 Å². The fourth-order valence-electron chi connectivity index (χ4n) is 2.02. The van der Waals surface area contributed by atoms with Crippen LogP contribution in [-0.4, -0.2) is 17.2 Å². The summed E-state index contributed by atoms with van der Waals surface area (Å²) in [5, 5.41) is 10.4. The first-order valence-corrected chi connectivity index (χ1v) is 6.40. The summed E-state index contributed by atoms with van der Waals surface area (Å²) in [4.78, 5) is 4.11. The van der Waals surface area contributed by atoms with Gasteiger partial charge in [-0.15, -0.1) is 0 Å². The lowest BCUT2D eigenvalue weighted by atomic mass is 9.97. The molecule has 2 rings (SSSR count). The molecule has 0 saturated carbocycles. The quantitative estimate of drug-likeness (QED) is 0.913. The standard InChI is InChI=1S/C16H19NO2/c1-11(2)12-6-8-13(9-7-12)15(18)14-5-4-10-17-16(14)19-3/h4-11,15,18H,1-3H3.